The van der Waals surface area contributed by atoms with Crippen molar-refractivity contribution in [3.8, 4) is 17.2 Å². The van der Waals surface area contributed by atoms with E-state index in [0.29, 0.717) is 27.6 Å². The maximum Gasteiger partial charge on any atom is 0.300 e. The number of phenolic OH excluding ortho intramolecular Hbond substituents is 1. The number of aliphatic hydroxyl groups excluding tert-OH is 1. The Hall–Kier alpha value is -3.68. The lowest BCUT2D eigenvalue weighted by Crippen LogP contribution is -2.30. The number of rotatable bonds is 6. The molecular formula is C27H23Cl2NO6. The Morgan fingerprint density at radius 2 is 1.81 bits per heavy atom. The molecule has 4 rings (SSSR count). The molecule has 3 aromatic carbocycles. The van der Waals surface area contributed by atoms with Gasteiger partial charge in [0.15, 0.2) is 11.5 Å². The van der Waals surface area contributed by atoms with E-state index >= 15 is 0 Å². The summed E-state index contributed by atoms with van der Waals surface area (Å²) in [4.78, 5) is 28.1. The second-order valence-electron chi connectivity index (χ2n) is 8.06. The summed E-state index contributed by atoms with van der Waals surface area (Å²) in [5.41, 5.74) is 1.36. The molecule has 0 saturated carbocycles. The molecule has 0 spiro atoms. The summed E-state index contributed by atoms with van der Waals surface area (Å²) in [5.74, 6) is -1.75. The lowest BCUT2D eigenvalue weighted by molar-refractivity contribution is -0.132. The van der Waals surface area contributed by atoms with Crippen LogP contribution in [0.1, 0.15) is 29.7 Å². The summed E-state index contributed by atoms with van der Waals surface area (Å²) in [6.07, 6.45) is 0. The van der Waals surface area contributed by atoms with Crippen molar-refractivity contribution in [2.75, 3.05) is 18.6 Å². The van der Waals surface area contributed by atoms with Crippen LogP contribution < -0.4 is 14.4 Å². The van der Waals surface area contributed by atoms with E-state index in [2.05, 4.69) is 0 Å². The number of Topliss-reactive ketones (excluding diaryl/α,β-unsaturated/α-hetero) is 1. The summed E-state index contributed by atoms with van der Waals surface area (Å²) < 4.78 is 10.8. The van der Waals surface area contributed by atoms with E-state index < -0.39 is 23.5 Å². The third-order valence-corrected chi connectivity index (χ3v) is 6.71. The first-order valence-electron chi connectivity index (χ1n) is 11.0. The van der Waals surface area contributed by atoms with Crippen LogP contribution in [0.5, 0.6) is 17.2 Å². The molecule has 0 aromatic heterocycles. The van der Waals surface area contributed by atoms with Crippen molar-refractivity contribution >= 4 is 46.3 Å². The van der Waals surface area contributed by atoms with Gasteiger partial charge in [0, 0.05) is 16.3 Å². The average Bonchev–Trinajstić information content (AvgIpc) is 3.12. The number of ketones is 1. The van der Waals surface area contributed by atoms with Gasteiger partial charge in [-0.1, -0.05) is 35.3 Å². The van der Waals surface area contributed by atoms with Gasteiger partial charge in [-0.3, -0.25) is 14.5 Å². The zero-order chi connectivity index (χ0) is 26.1. The van der Waals surface area contributed by atoms with Gasteiger partial charge in [-0.25, -0.2) is 0 Å². The van der Waals surface area contributed by atoms with Crippen molar-refractivity contribution in [1.82, 2.24) is 0 Å². The number of benzene rings is 3. The molecule has 1 unspecified atom stereocenters. The van der Waals surface area contributed by atoms with Gasteiger partial charge in [0.05, 0.1) is 30.4 Å². The topological polar surface area (TPSA) is 96.3 Å². The quantitative estimate of drug-likeness (QED) is 0.230. The molecule has 36 heavy (non-hydrogen) atoms. The molecule has 9 heteroatoms. The summed E-state index contributed by atoms with van der Waals surface area (Å²) in [7, 11) is 1.46. The van der Waals surface area contributed by atoms with Crippen molar-refractivity contribution in [1.29, 1.82) is 0 Å². The van der Waals surface area contributed by atoms with Gasteiger partial charge in [-0.05, 0) is 67.4 Å². The Labute approximate surface area is 218 Å². The van der Waals surface area contributed by atoms with E-state index in [-0.39, 0.29) is 34.3 Å². The number of hydrogen-bond donors (Lipinski definition) is 2. The number of anilines is 1. The molecule has 1 aliphatic rings. The first-order valence-corrected chi connectivity index (χ1v) is 11.8. The molecule has 1 saturated heterocycles. The monoisotopic (exact) mass is 527 g/mol. The molecule has 0 aliphatic carbocycles. The number of carbonyl (C=O) groups is 2. The van der Waals surface area contributed by atoms with Crippen LogP contribution in [0.4, 0.5) is 5.69 Å². The van der Waals surface area contributed by atoms with Crippen LogP contribution in [0.3, 0.4) is 0 Å². The molecule has 2 N–H and O–H groups in total. The van der Waals surface area contributed by atoms with E-state index in [1.165, 1.54) is 36.3 Å². The van der Waals surface area contributed by atoms with E-state index in [0.717, 1.165) is 0 Å². The minimum Gasteiger partial charge on any atom is -0.507 e. The molecule has 186 valence electrons. The van der Waals surface area contributed by atoms with Crippen LogP contribution in [0.2, 0.25) is 10.0 Å². The highest BCUT2D eigenvalue weighted by Gasteiger charge is 2.47. The molecule has 1 fully saturated rings. The number of phenols is 1. The van der Waals surface area contributed by atoms with Crippen LogP contribution >= 0.6 is 23.2 Å². The van der Waals surface area contributed by atoms with Gasteiger partial charge in [0.2, 0.25) is 0 Å². The lowest BCUT2D eigenvalue weighted by Gasteiger charge is -2.27. The Morgan fingerprint density at radius 1 is 1.06 bits per heavy atom. The number of carbonyl (C=O) groups excluding carboxylic acids is 2. The first-order chi connectivity index (χ1) is 17.2. The standard InChI is InChI=1S/C27H23Cl2NO6/c1-4-36-22-12-15(8-11-21(22)31)24-23(25(32)17-13-16(35-3)9-10-19(17)29)26(33)27(34)30(24)20-7-5-6-18(28)14(20)2/h5-13,24,31-32H,4H2,1-3H3/b25-23+. The van der Waals surface area contributed by atoms with Crippen LogP contribution in [0.15, 0.2) is 60.2 Å². The van der Waals surface area contributed by atoms with E-state index in [9.17, 15) is 19.8 Å². The van der Waals surface area contributed by atoms with E-state index in [1.54, 1.807) is 44.2 Å². The Bertz CT molecular complexity index is 1400. The smallest absolute Gasteiger partial charge is 0.300 e. The molecule has 0 bridgehead atoms. The number of hydrogen-bond acceptors (Lipinski definition) is 6. The highest BCUT2D eigenvalue weighted by molar-refractivity contribution is 6.52. The normalized spacial score (nSPS) is 16.9. The van der Waals surface area contributed by atoms with Crippen molar-refractivity contribution < 1.29 is 29.3 Å². The number of nitrogens with zero attached hydrogens (tertiary/aromatic N) is 1. The Morgan fingerprint density at radius 3 is 2.50 bits per heavy atom. The SMILES string of the molecule is CCOc1cc(C2/C(=C(\O)c3cc(OC)ccc3Cl)C(=O)C(=O)N2c2cccc(Cl)c2C)ccc1O. The molecule has 0 radical (unpaired) electrons. The van der Waals surface area contributed by atoms with Crippen LogP contribution in [-0.4, -0.2) is 35.6 Å². The zero-order valence-corrected chi connectivity index (χ0v) is 21.2. The Kier molecular flexibility index (Phi) is 7.15. The third kappa shape index (κ3) is 4.36. The summed E-state index contributed by atoms with van der Waals surface area (Å²) in [5, 5.41) is 22.2. The minimum absolute atomic E-state index is 0.104. The number of amides is 1. The van der Waals surface area contributed by atoms with E-state index in [4.69, 9.17) is 32.7 Å². The number of aromatic hydroxyl groups is 1. The van der Waals surface area contributed by atoms with Gasteiger partial charge < -0.3 is 19.7 Å². The summed E-state index contributed by atoms with van der Waals surface area (Å²) >= 11 is 12.7. The van der Waals surface area contributed by atoms with Gasteiger partial charge >= 0.3 is 0 Å². The van der Waals surface area contributed by atoms with Crippen LogP contribution in [-0.2, 0) is 9.59 Å². The molecule has 7 nitrogen and oxygen atoms in total. The zero-order valence-electron chi connectivity index (χ0n) is 19.7. The van der Waals surface area contributed by atoms with Gasteiger partial charge in [0.25, 0.3) is 11.7 Å². The van der Waals surface area contributed by atoms with E-state index in [1.807, 2.05) is 0 Å². The fraction of sp³-hybridized carbons (Fsp3) is 0.185. The van der Waals surface area contributed by atoms with Crippen LogP contribution in [0.25, 0.3) is 5.76 Å². The molecule has 3 aromatic rings. The first kappa shape index (κ1) is 25.4. The lowest BCUT2D eigenvalue weighted by atomic mass is 9.94. The van der Waals surface area contributed by atoms with Gasteiger partial charge in [-0.15, -0.1) is 0 Å². The second kappa shape index (κ2) is 10.1. The largest absolute Gasteiger partial charge is 0.507 e. The summed E-state index contributed by atoms with van der Waals surface area (Å²) in [6, 6.07) is 13.1. The van der Waals surface area contributed by atoms with Crippen LogP contribution in [0, 0.1) is 6.92 Å². The highest BCUT2D eigenvalue weighted by Crippen LogP contribution is 2.46. The molecule has 1 aliphatic heterocycles. The fourth-order valence-corrected chi connectivity index (χ4v) is 4.56. The second-order valence-corrected chi connectivity index (χ2v) is 8.87. The highest BCUT2D eigenvalue weighted by atomic mass is 35.5. The van der Waals surface area contributed by atoms with Crippen molar-refractivity contribution in [3.63, 3.8) is 0 Å². The molecule has 1 atom stereocenters. The number of halogens is 2. The van der Waals surface area contributed by atoms with Gasteiger partial charge in [0.1, 0.15) is 11.5 Å². The summed E-state index contributed by atoms with van der Waals surface area (Å²) in [6.45, 7) is 3.78. The van der Waals surface area contributed by atoms with Gasteiger partial charge in [-0.2, -0.15) is 0 Å². The minimum atomic E-state index is -1.07. The number of ether oxygens (including phenoxy) is 2. The molecule has 1 amide bonds. The predicted molar refractivity (Wildman–Crippen MR) is 138 cm³/mol. The number of methoxy groups -OCH3 is 1. The maximum absolute atomic E-state index is 13.4. The fourth-order valence-electron chi connectivity index (χ4n) is 4.18. The predicted octanol–water partition coefficient (Wildman–Crippen LogP) is 6.04. The Balaban J connectivity index is 2.02. The molecule has 1 heterocycles. The molecular weight excluding hydrogens is 505 g/mol. The maximum atomic E-state index is 13.4. The third-order valence-electron chi connectivity index (χ3n) is 5.97. The van der Waals surface area contributed by atoms with Crippen molar-refractivity contribution in [2.24, 2.45) is 0 Å². The van der Waals surface area contributed by atoms with Crippen molar-refractivity contribution in [2.45, 2.75) is 19.9 Å². The average molecular weight is 528 g/mol. The van der Waals surface area contributed by atoms with Crippen molar-refractivity contribution in [3.05, 3.63) is 86.9 Å². The number of aliphatic hydroxyl groups is 1.